The zero-order valence-corrected chi connectivity index (χ0v) is 26.6. The van der Waals surface area contributed by atoms with Gasteiger partial charge in [0.2, 0.25) is 11.5 Å². The van der Waals surface area contributed by atoms with Gasteiger partial charge in [0, 0.05) is 29.7 Å². The summed E-state index contributed by atoms with van der Waals surface area (Å²) in [5, 5.41) is 21.3. The van der Waals surface area contributed by atoms with Crippen molar-refractivity contribution in [2.75, 3.05) is 39.6 Å². The van der Waals surface area contributed by atoms with E-state index in [9.17, 15) is 15.0 Å². The molecular formula is C34H42O11. The van der Waals surface area contributed by atoms with Crippen LogP contribution >= 0.6 is 0 Å². The Labute approximate surface area is 263 Å². The van der Waals surface area contributed by atoms with Crippen molar-refractivity contribution in [2.45, 2.75) is 60.2 Å². The first kappa shape index (κ1) is 33.2. The Kier molecular flexibility index (Phi) is 11.3. The minimum Gasteiger partial charge on any atom is -0.508 e. The molecule has 0 saturated heterocycles. The van der Waals surface area contributed by atoms with Gasteiger partial charge in [-0.3, -0.25) is 0 Å². The van der Waals surface area contributed by atoms with Gasteiger partial charge in [-0.2, -0.15) is 0 Å². The minimum absolute atomic E-state index is 0.0442. The smallest absolute Gasteiger partial charge is 0.338 e. The lowest BCUT2D eigenvalue weighted by Gasteiger charge is -2.34. The molecule has 11 heteroatoms. The van der Waals surface area contributed by atoms with E-state index >= 15 is 0 Å². The van der Waals surface area contributed by atoms with E-state index in [4.69, 9.17) is 37.9 Å². The fourth-order valence-electron chi connectivity index (χ4n) is 5.14. The van der Waals surface area contributed by atoms with Crippen molar-refractivity contribution < 1.29 is 52.9 Å². The fourth-order valence-corrected chi connectivity index (χ4v) is 5.14. The Bertz CT molecular complexity index is 1440. The fraction of sp³-hybridized carbons (Fsp3) is 0.441. The Morgan fingerprint density at radius 1 is 0.689 bits per heavy atom. The summed E-state index contributed by atoms with van der Waals surface area (Å²) in [7, 11) is 0. The topological polar surface area (TPSA) is 131 Å². The van der Waals surface area contributed by atoms with Gasteiger partial charge in [-0.1, -0.05) is 0 Å². The molecule has 0 amide bonds. The van der Waals surface area contributed by atoms with Crippen LogP contribution in [-0.4, -0.2) is 61.9 Å². The largest absolute Gasteiger partial charge is 0.508 e. The van der Waals surface area contributed by atoms with Crippen LogP contribution in [0.25, 0.3) is 0 Å². The molecule has 2 N–H and O–H groups in total. The molecule has 0 unspecified atom stereocenters. The SMILES string of the molecule is CCOc1cc(O)cc2c1C[C@@H](OC(=O)c1cc(OCC)c(OCC)c(OCC)c1)[C@@H](c1cc(O)c(OCC)c(OCC)c1)O2. The summed E-state index contributed by atoms with van der Waals surface area (Å²) in [6, 6.07) is 9.28. The van der Waals surface area contributed by atoms with Crippen molar-refractivity contribution in [3.05, 3.63) is 53.1 Å². The van der Waals surface area contributed by atoms with Gasteiger partial charge in [0.1, 0.15) is 23.4 Å². The molecule has 1 aliphatic rings. The average Bonchev–Trinajstić information content (AvgIpc) is 3.00. The van der Waals surface area contributed by atoms with E-state index in [1.54, 1.807) is 25.1 Å². The van der Waals surface area contributed by atoms with Crippen LogP contribution in [0.5, 0.6) is 51.7 Å². The van der Waals surface area contributed by atoms with E-state index in [0.29, 0.717) is 85.3 Å². The molecule has 3 aromatic carbocycles. The summed E-state index contributed by atoms with van der Waals surface area (Å²) in [4.78, 5) is 13.8. The van der Waals surface area contributed by atoms with Gasteiger partial charge in [0.25, 0.3) is 0 Å². The third-order valence-corrected chi connectivity index (χ3v) is 6.83. The lowest BCUT2D eigenvalue weighted by molar-refractivity contribution is -0.0190. The normalized spacial score (nSPS) is 15.3. The molecule has 2 atom stereocenters. The number of hydrogen-bond donors (Lipinski definition) is 2. The molecule has 0 spiro atoms. The number of phenolic OH excluding ortho intramolecular Hbond substituents is 2. The summed E-state index contributed by atoms with van der Waals surface area (Å²) < 4.78 is 47.2. The molecular weight excluding hydrogens is 584 g/mol. The average molecular weight is 627 g/mol. The molecule has 244 valence electrons. The quantitative estimate of drug-likeness (QED) is 0.182. The predicted molar refractivity (Wildman–Crippen MR) is 166 cm³/mol. The van der Waals surface area contributed by atoms with Gasteiger partial charge in [0.05, 0.1) is 45.2 Å². The van der Waals surface area contributed by atoms with Gasteiger partial charge in [0.15, 0.2) is 29.1 Å². The van der Waals surface area contributed by atoms with E-state index in [1.807, 2.05) is 34.6 Å². The molecule has 0 aromatic heterocycles. The van der Waals surface area contributed by atoms with Crippen LogP contribution in [-0.2, 0) is 11.2 Å². The molecule has 11 nitrogen and oxygen atoms in total. The minimum atomic E-state index is -0.904. The highest BCUT2D eigenvalue weighted by atomic mass is 16.6. The van der Waals surface area contributed by atoms with E-state index in [2.05, 4.69) is 0 Å². The molecule has 0 radical (unpaired) electrons. The maximum absolute atomic E-state index is 13.8. The number of ether oxygens (including phenoxy) is 8. The van der Waals surface area contributed by atoms with Gasteiger partial charge >= 0.3 is 5.97 Å². The lowest BCUT2D eigenvalue weighted by Crippen LogP contribution is -2.35. The van der Waals surface area contributed by atoms with Crippen molar-refractivity contribution in [3.8, 4) is 51.7 Å². The Morgan fingerprint density at radius 2 is 1.22 bits per heavy atom. The summed E-state index contributed by atoms with van der Waals surface area (Å²) in [5.74, 6) is 1.54. The molecule has 0 fully saturated rings. The first-order chi connectivity index (χ1) is 21.8. The van der Waals surface area contributed by atoms with E-state index < -0.39 is 18.2 Å². The number of esters is 1. The van der Waals surface area contributed by atoms with Crippen LogP contribution < -0.4 is 33.2 Å². The van der Waals surface area contributed by atoms with Crippen LogP contribution in [0.2, 0.25) is 0 Å². The Morgan fingerprint density at radius 3 is 1.80 bits per heavy atom. The molecule has 1 aliphatic heterocycles. The van der Waals surface area contributed by atoms with Crippen molar-refractivity contribution in [3.63, 3.8) is 0 Å². The van der Waals surface area contributed by atoms with Crippen molar-refractivity contribution in [1.82, 2.24) is 0 Å². The molecule has 4 rings (SSSR count). The standard InChI is InChI=1S/C34H42O11/c1-7-38-25-17-22(35)18-26-23(25)19-30(31(44-26)20-13-24(36)32(42-11-5)27(14-20)39-8-2)45-34(37)21-15-28(40-9-3)33(43-12-6)29(16-21)41-10-4/h13-18,30-31,35-36H,7-12,19H2,1-6H3/t30-,31-/m1/s1. The summed E-state index contributed by atoms with van der Waals surface area (Å²) in [6.45, 7) is 13.0. The number of benzene rings is 3. The number of carbonyl (C=O) groups is 1. The third-order valence-electron chi connectivity index (χ3n) is 6.83. The van der Waals surface area contributed by atoms with E-state index in [0.717, 1.165) is 0 Å². The molecule has 45 heavy (non-hydrogen) atoms. The number of hydrogen-bond acceptors (Lipinski definition) is 11. The second-order valence-electron chi connectivity index (χ2n) is 9.87. The van der Waals surface area contributed by atoms with Crippen LogP contribution in [0.3, 0.4) is 0 Å². The van der Waals surface area contributed by atoms with Gasteiger partial charge in [-0.15, -0.1) is 0 Å². The van der Waals surface area contributed by atoms with Crippen LogP contribution in [0.4, 0.5) is 0 Å². The van der Waals surface area contributed by atoms with Crippen molar-refractivity contribution in [2.24, 2.45) is 0 Å². The Hall–Kier alpha value is -4.67. The van der Waals surface area contributed by atoms with Crippen LogP contribution in [0, 0.1) is 0 Å². The molecule has 0 bridgehead atoms. The predicted octanol–water partition coefficient (Wildman–Crippen LogP) is 6.39. The summed E-state index contributed by atoms with van der Waals surface area (Å²) in [6.07, 6.45) is -1.61. The first-order valence-corrected chi connectivity index (χ1v) is 15.3. The summed E-state index contributed by atoms with van der Waals surface area (Å²) in [5.41, 5.74) is 1.29. The monoisotopic (exact) mass is 626 g/mol. The molecule has 3 aromatic rings. The van der Waals surface area contributed by atoms with Crippen LogP contribution in [0.1, 0.15) is 69.1 Å². The molecule has 1 heterocycles. The van der Waals surface area contributed by atoms with E-state index in [-0.39, 0.29) is 29.2 Å². The van der Waals surface area contributed by atoms with Crippen molar-refractivity contribution in [1.29, 1.82) is 0 Å². The summed E-state index contributed by atoms with van der Waals surface area (Å²) >= 11 is 0. The number of rotatable bonds is 15. The highest BCUT2D eigenvalue weighted by Gasteiger charge is 2.38. The third kappa shape index (κ3) is 7.53. The van der Waals surface area contributed by atoms with Gasteiger partial charge in [-0.05, 0) is 65.8 Å². The lowest BCUT2D eigenvalue weighted by atomic mass is 9.93. The van der Waals surface area contributed by atoms with Gasteiger partial charge in [-0.25, -0.2) is 4.79 Å². The maximum Gasteiger partial charge on any atom is 0.338 e. The highest BCUT2D eigenvalue weighted by molar-refractivity contribution is 5.91. The number of aromatic hydroxyl groups is 2. The highest BCUT2D eigenvalue weighted by Crippen LogP contribution is 2.47. The number of fused-ring (bicyclic) bond motifs is 1. The zero-order valence-electron chi connectivity index (χ0n) is 26.6. The maximum atomic E-state index is 13.8. The van der Waals surface area contributed by atoms with E-state index in [1.165, 1.54) is 18.2 Å². The second kappa shape index (κ2) is 15.4. The number of phenols is 2. The Balaban J connectivity index is 1.80. The number of carbonyl (C=O) groups excluding carboxylic acids is 1. The van der Waals surface area contributed by atoms with Crippen molar-refractivity contribution >= 4 is 5.97 Å². The van der Waals surface area contributed by atoms with Crippen LogP contribution in [0.15, 0.2) is 36.4 Å². The second-order valence-corrected chi connectivity index (χ2v) is 9.87. The first-order valence-electron chi connectivity index (χ1n) is 15.3. The molecule has 0 aliphatic carbocycles. The zero-order chi connectivity index (χ0) is 32.5. The molecule has 0 saturated carbocycles. The van der Waals surface area contributed by atoms with Gasteiger partial charge < -0.3 is 48.1 Å².